The summed E-state index contributed by atoms with van der Waals surface area (Å²) in [5, 5.41) is 0. The van der Waals surface area contributed by atoms with Crippen molar-refractivity contribution in [2.75, 3.05) is 53.5 Å². The number of nitrogens with zero attached hydrogens (tertiary/aromatic N) is 4. The minimum absolute atomic E-state index is 0.632. The fourth-order valence-corrected chi connectivity index (χ4v) is 4.60. The number of fused-ring (bicyclic) bond motifs is 1. The molecule has 182 valence electrons. The number of hydrogen-bond donors (Lipinski definition) is 0. The van der Waals surface area contributed by atoms with Gasteiger partial charge in [-0.1, -0.05) is 30.4 Å². The largest absolute Gasteiger partial charge is 0.493 e. The Morgan fingerprint density at radius 2 is 1.79 bits per heavy atom. The number of rotatable bonds is 11. The first-order valence-electron chi connectivity index (χ1n) is 12.5. The lowest BCUT2D eigenvalue weighted by molar-refractivity contribution is 0.152. The van der Waals surface area contributed by atoms with E-state index in [2.05, 4.69) is 57.8 Å². The molecule has 1 aliphatic rings. The molecule has 0 saturated carbocycles. The zero-order valence-electron chi connectivity index (χ0n) is 20.9. The molecular weight excluding hydrogens is 424 g/mol. The van der Waals surface area contributed by atoms with Gasteiger partial charge >= 0.3 is 0 Å². The van der Waals surface area contributed by atoms with Crippen LogP contribution in [0.25, 0.3) is 17.1 Å². The number of likely N-dealkylation sites (N-methyl/N-ethyl adjacent to an activating group) is 1. The molecule has 6 heteroatoms. The Balaban J connectivity index is 1.35. The SMILES string of the molecule is C/C=C/c1ccc(OCCCn2c(CCCN3CCN(C)CC3)nc3ccccc32)c(OC)c1. The molecule has 1 aliphatic heterocycles. The first-order chi connectivity index (χ1) is 16.7. The highest BCUT2D eigenvalue weighted by atomic mass is 16.5. The van der Waals surface area contributed by atoms with E-state index in [4.69, 9.17) is 14.5 Å². The van der Waals surface area contributed by atoms with Crippen molar-refractivity contribution in [3.05, 3.63) is 59.9 Å². The molecule has 1 aromatic heterocycles. The number of hydrogen-bond acceptors (Lipinski definition) is 5. The van der Waals surface area contributed by atoms with Gasteiger partial charge in [0.1, 0.15) is 5.82 Å². The number of ether oxygens (including phenoxy) is 2. The van der Waals surface area contributed by atoms with Crippen LogP contribution in [-0.2, 0) is 13.0 Å². The number of para-hydroxylation sites is 2. The van der Waals surface area contributed by atoms with Crippen molar-refractivity contribution in [2.45, 2.75) is 32.7 Å². The molecule has 1 fully saturated rings. The average molecular weight is 463 g/mol. The van der Waals surface area contributed by atoms with Crippen molar-refractivity contribution in [3.63, 3.8) is 0 Å². The lowest BCUT2D eigenvalue weighted by atomic mass is 10.2. The minimum atomic E-state index is 0.632. The minimum Gasteiger partial charge on any atom is -0.493 e. The molecule has 2 aromatic carbocycles. The van der Waals surface area contributed by atoms with Gasteiger partial charge in [-0.15, -0.1) is 0 Å². The van der Waals surface area contributed by atoms with E-state index in [-0.39, 0.29) is 0 Å². The van der Waals surface area contributed by atoms with Gasteiger partial charge in [-0.2, -0.15) is 0 Å². The molecular formula is C28H38N4O2. The second-order valence-corrected chi connectivity index (χ2v) is 9.03. The lowest BCUT2D eigenvalue weighted by Gasteiger charge is -2.32. The summed E-state index contributed by atoms with van der Waals surface area (Å²) in [5.41, 5.74) is 3.41. The van der Waals surface area contributed by atoms with E-state index in [0.717, 1.165) is 54.9 Å². The van der Waals surface area contributed by atoms with Crippen molar-refractivity contribution < 1.29 is 9.47 Å². The van der Waals surface area contributed by atoms with Crippen molar-refractivity contribution in [2.24, 2.45) is 0 Å². The molecule has 0 amide bonds. The fraction of sp³-hybridized carbons (Fsp3) is 0.464. The van der Waals surface area contributed by atoms with Crippen molar-refractivity contribution in [3.8, 4) is 11.5 Å². The molecule has 1 saturated heterocycles. The van der Waals surface area contributed by atoms with E-state index >= 15 is 0 Å². The molecule has 34 heavy (non-hydrogen) atoms. The van der Waals surface area contributed by atoms with Crippen LogP contribution in [0.5, 0.6) is 11.5 Å². The molecule has 0 atom stereocenters. The molecule has 0 radical (unpaired) electrons. The van der Waals surface area contributed by atoms with Crippen LogP contribution in [0.3, 0.4) is 0 Å². The Labute approximate surface area is 203 Å². The summed E-state index contributed by atoms with van der Waals surface area (Å²) in [6.07, 6.45) is 7.13. The van der Waals surface area contributed by atoms with Gasteiger partial charge in [0, 0.05) is 39.1 Å². The average Bonchev–Trinajstić information content (AvgIpc) is 3.21. The first kappa shape index (κ1) is 24.3. The fourth-order valence-electron chi connectivity index (χ4n) is 4.60. The second-order valence-electron chi connectivity index (χ2n) is 9.03. The monoisotopic (exact) mass is 462 g/mol. The van der Waals surface area contributed by atoms with E-state index in [0.29, 0.717) is 6.61 Å². The maximum Gasteiger partial charge on any atom is 0.161 e. The smallest absolute Gasteiger partial charge is 0.161 e. The zero-order chi connectivity index (χ0) is 23.8. The number of allylic oxidation sites excluding steroid dienone is 1. The molecule has 0 bridgehead atoms. The van der Waals surface area contributed by atoms with Crippen LogP contribution < -0.4 is 9.47 Å². The first-order valence-corrected chi connectivity index (χ1v) is 12.5. The third-order valence-corrected chi connectivity index (χ3v) is 6.53. The van der Waals surface area contributed by atoms with Gasteiger partial charge in [-0.05, 0) is 63.2 Å². The summed E-state index contributed by atoms with van der Waals surface area (Å²) < 4.78 is 14.0. The summed E-state index contributed by atoms with van der Waals surface area (Å²) in [7, 11) is 3.89. The molecule has 0 aliphatic carbocycles. The highest BCUT2D eigenvalue weighted by Crippen LogP contribution is 2.29. The van der Waals surface area contributed by atoms with E-state index in [9.17, 15) is 0 Å². The standard InChI is InChI=1S/C28H38N4O2/c1-4-9-23-13-14-26(27(22-23)33-3)34-21-8-16-32-25-11-6-5-10-24(25)29-28(32)12-7-15-31-19-17-30(2)18-20-31/h4-6,9-11,13-14,22H,7-8,12,15-21H2,1-3H3/b9-4+. The normalized spacial score (nSPS) is 15.4. The van der Waals surface area contributed by atoms with E-state index in [1.807, 2.05) is 25.1 Å². The summed E-state index contributed by atoms with van der Waals surface area (Å²) in [4.78, 5) is 9.95. The number of imidazole rings is 1. The van der Waals surface area contributed by atoms with Gasteiger partial charge in [-0.3, -0.25) is 0 Å². The van der Waals surface area contributed by atoms with Crippen molar-refractivity contribution in [1.29, 1.82) is 0 Å². The number of methoxy groups -OCH3 is 1. The highest BCUT2D eigenvalue weighted by molar-refractivity contribution is 5.75. The Hall–Kier alpha value is -2.83. The summed E-state index contributed by atoms with van der Waals surface area (Å²) in [6, 6.07) is 14.5. The van der Waals surface area contributed by atoms with Crippen LogP contribution in [-0.4, -0.2) is 72.8 Å². The van der Waals surface area contributed by atoms with Crippen LogP contribution in [0.2, 0.25) is 0 Å². The van der Waals surface area contributed by atoms with Crippen molar-refractivity contribution in [1.82, 2.24) is 19.4 Å². The zero-order valence-corrected chi connectivity index (χ0v) is 20.9. The summed E-state index contributed by atoms with van der Waals surface area (Å²) >= 11 is 0. The number of benzene rings is 2. The maximum atomic E-state index is 6.09. The van der Waals surface area contributed by atoms with Gasteiger partial charge in [0.25, 0.3) is 0 Å². The number of piperazine rings is 1. The van der Waals surface area contributed by atoms with Gasteiger partial charge in [0.05, 0.1) is 24.8 Å². The molecule has 0 unspecified atom stereocenters. The van der Waals surface area contributed by atoms with Crippen LogP contribution in [0.1, 0.15) is 31.2 Å². The predicted molar refractivity (Wildman–Crippen MR) is 140 cm³/mol. The van der Waals surface area contributed by atoms with Gasteiger partial charge in [0.2, 0.25) is 0 Å². The molecule has 3 aromatic rings. The third-order valence-electron chi connectivity index (χ3n) is 6.53. The maximum absolute atomic E-state index is 6.09. The molecule has 0 N–H and O–H groups in total. The topological polar surface area (TPSA) is 42.8 Å². The van der Waals surface area contributed by atoms with E-state index in [1.165, 1.54) is 37.5 Å². The third kappa shape index (κ3) is 6.19. The Morgan fingerprint density at radius 1 is 0.971 bits per heavy atom. The molecule has 4 rings (SSSR count). The summed E-state index contributed by atoms with van der Waals surface area (Å²) in [6.45, 7) is 9.35. The van der Waals surface area contributed by atoms with Gasteiger partial charge in [-0.25, -0.2) is 4.98 Å². The van der Waals surface area contributed by atoms with E-state index < -0.39 is 0 Å². The van der Waals surface area contributed by atoms with E-state index in [1.54, 1.807) is 7.11 Å². The summed E-state index contributed by atoms with van der Waals surface area (Å²) in [5.74, 6) is 2.75. The Bertz CT molecular complexity index is 1080. The van der Waals surface area contributed by atoms with Crippen LogP contribution >= 0.6 is 0 Å². The second kappa shape index (κ2) is 12.0. The molecule has 6 nitrogen and oxygen atoms in total. The Morgan fingerprint density at radius 3 is 2.59 bits per heavy atom. The predicted octanol–water partition coefficient (Wildman–Crippen LogP) is 4.73. The van der Waals surface area contributed by atoms with Gasteiger partial charge < -0.3 is 23.8 Å². The van der Waals surface area contributed by atoms with Crippen molar-refractivity contribution >= 4 is 17.1 Å². The number of aromatic nitrogens is 2. The van der Waals surface area contributed by atoms with Crippen LogP contribution in [0.4, 0.5) is 0 Å². The van der Waals surface area contributed by atoms with Crippen LogP contribution in [0.15, 0.2) is 48.5 Å². The van der Waals surface area contributed by atoms with Crippen LogP contribution in [0, 0.1) is 0 Å². The van der Waals surface area contributed by atoms with Gasteiger partial charge in [0.15, 0.2) is 11.5 Å². The quantitative estimate of drug-likeness (QED) is 0.386. The highest BCUT2D eigenvalue weighted by Gasteiger charge is 2.15. The Kier molecular flexibility index (Phi) is 8.61. The molecule has 2 heterocycles. The lowest BCUT2D eigenvalue weighted by Crippen LogP contribution is -2.44. The number of aryl methyl sites for hydroxylation is 2. The molecule has 0 spiro atoms.